The molecule has 2 atom stereocenters. The molecule has 5 nitrogen and oxygen atoms in total. The SMILES string of the molecule is Cc1noc(C)c1CC(C)NC(=O)NC(C)C(C)C. The topological polar surface area (TPSA) is 67.2 Å². The van der Waals surface area contributed by atoms with Crippen molar-refractivity contribution in [3.8, 4) is 0 Å². The first-order valence-electron chi connectivity index (χ1n) is 6.80. The molecular weight excluding hydrogens is 242 g/mol. The van der Waals surface area contributed by atoms with Crippen LogP contribution >= 0.6 is 0 Å². The number of hydrogen-bond acceptors (Lipinski definition) is 3. The lowest BCUT2D eigenvalue weighted by atomic mass is 10.1. The number of aromatic nitrogens is 1. The van der Waals surface area contributed by atoms with Crippen molar-refractivity contribution in [2.45, 2.75) is 60.0 Å². The summed E-state index contributed by atoms with van der Waals surface area (Å²) in [7, 11) is 0. The lowest BCUT2D eigenvalue weighted by molar-refractivity contribution is 0.231. The van der Waals surface area contributed by atoms with E-state index in [4.69, 9.17) is 4.52 Å². The van der Waals surface area contributed by atoms with Gasteiger partial charge >= 0.3 is 6.03 Å². The Balaban J connectivity index is 2.47. The van der Waals surface area contributed by atoms with E-state index in [0.717, 1.165) is 23.4 Å². The molecule has 108 valence electrons. The number of aryl methyl sites for hydroxylation is 2. The Kier molecular flexibility index (Phi) is 5.39. The van der Waals surface area contributed by atoms with Crippen molar-refractivity contribution in [1.82, 2.24) is 15.8 Å². The molecule has 2 amide bonds. The minimum atomic E-state index is -0.125. The van der Waals surface area contributed by atoms with Crippen LogP contribution in [0.15, 0.2) is 4.52 Å². The Labute approximate surface area is 115 Å². The number of nitrogens with zero attached hydrogens (tertiary/aromatic N) is 1. The second kappa shape index (κ2) is 6.59. The van der Waals surface area contributed by atoms with Gasteiger partial charge in [-0.1, -0.05) is 19.0 Å². The van der Waals surface area contributed by atoms with E-state index in [0.29, 0.717) is 5.92 Å². The number of rotatable bonds is 5. The fraction of sp³-hybridized carbons (Fsp3) is 0.714. The predicted molar refractivity (Wildman–Crippen MR) is 75.1 cm³/mol. The summed E-state index contributed by atoms with van der Waals surface area (Å²) in [6.45, 7) is 12.0. The Morgan fingerprint density at radius 2 is 1.84 bits per heavy atom. The van der Waals surface area contributed by atoms with E-state index in [9.17, 15) is 4.79 Å². The molecule has 0 aliphatic rings. The number of hydrogen-bond donors (Lipinski definition) is 2. The molecule has 2 N–H and O–H groups in total. The van der Waals surface area contributed by atoms with Gasteiger partial charge in [-0.15, -0.1) is 0 Å². The summed E-state index contributed by atoms with van der Waals surface area (Å²) >= 11 is 0. The third-order valence-corrected chi connectivity index (χ3v) is 3.43. The molecule has 0 saturated carbocycles. The Morgan fingerprint density at radius 3 is 2.32 bits per heavy atom. The van der Waals surface area contributed by atoms with E-state index in [1.54, 1.807) is 0 Å². The normalized spacial score (nSPS) is 14.3. The number of urea groups is 1. The van der Waals surface area contributed by atoms with E-state index in [1.165, 1.54) is 0 Å². The van der Waals surface area contributed by atoms with Gasteiger partial charge in [-0.25, -0.2) is 4.79 Å². The van der Waals surface area contributed by atoms with Gasteiger partial charge < -0.3 is 15.2 Å². The molecule has 0 bridgehead atoms. The molecule has 0 fully saturated rings. The van der Waals surface area contributed by atoms with Crippen LogP contribution in [-0.4, -0.2) is 23.3 Å². The highest BCUT2D eigenvalue weighted by Crippen LogP contribution is 2.14. The van der Waals surface area contributed by atoms with Gasteiger partial charge in [0.1, 0.15) is 5.76 Å². The highest BCUT2D eigenvalue weighted by atomic mass is 16.5. The van der Waals surface area contributed by atoms with E-state index >= 15 is 0 Å². The van der Waals surface area contributed by atoms with Crippen molar-refractivity contribution in [2.24, 2.45) is 5.92 Å². The molecule has 1 rings (SSSR count). The highest BCUT2D eigenvalue weighted by Gasteiger charge is 2.16. The number of carbonyl (C=O) groups excluding carboxylic acids is 1. The summed E-state index contributed by atoms with van der Waals surface area (Å²) in [5.41, 5.74) is 1.96. The van der Waals surface area contributed by atoms with Gasteiger partial charge in [0, 0.05) is 17.6 Å². The Hall–Kier alpha value is -1.52. The first-order chi connectivity index (χ1) is 8.81. The van der Waals surface area contributed by atoms with Crippen LogP contribution in [0.4, 0.5) is 4.79 Å². The van der Waals surface area contributed by atoms with Crippen LogP contribution in [0.3, 0.4) is 0 Å². The predicted octanol–water partition coefficient (Wildman–Crippen LogP) is 2.57. The van der Waals surface area contributed by atoms with E-state index in [-0.39, 0.29) is 18.1 Å². The lowest BCUT2D eigenvalue weighted by Gasteiger charge is -2.20. The number of amides is 2. The molecule has 0 spiro atoms. The van der Waals surface area contributed by atoms with Crippen LogP contribution < -0.4 is 10.6 Å². The fourth-order valence-corrected chi connectivity index (χ4v) is 1.79. The van der Waals surface area contributed by atoms with Gasteiger partial charge in [0.2, 0.25) is 0 Å². The quantitative estimate of drug-likeness (QED) is 0.861. The molecule has 5 heteroatoms. The molecular formula is C14H25N3O2. The van der Waals surface area contributed by atoms with Crippen molar-refractivity contribution in [3.05, 3.63) is 17.0 Å². The third kappa shape index (κ3) is 4.58. The van der Waals surface area contributed by atoms with Gasteiger partial charge in [-0.3, -0.25) is 0 Å². The maximum absolute atomic E-state index is 11.8. The first-order valence-corrected chi connectivity index (χ1v) is 6.80. The van der Waals surface area contributed by atoms with Crippen molar-refractivity contribution >= 4 is 6.03 Å². The number of carbonyl (C=O) groups is 1. The third-order valence-electron chi connectivity index (χ3n) is 3.43. The van der Waals surface area contributed by atoms with E-state index in [1.807, 2.05) is 27.7 Å². The molecule has 0 aliphatic heterocycles. The average Bonchev–Trinajstić information content (AvgIpc) is 2.60. The largest absolute Gasteiger partial charge is 0.361 e. The van der Waals surface area contributed by atoms with Crippen molar-refractivity contribution < 1.29 is 9.32 Å². The Morgan fingerprint density at radius 1 is 1.21 bits per heavy atom. The minimum Gasteiger partial charge on any atom is -0.361 e. The van der Waals surface area contributed by atoms with Crippen LogP contribution in [-0.2, 0) is 6.42 Å². The molecule has 2 unspecified atom stereocenters. The molecule has 1 heterocycles. The number of nitrogens with one attached hydrogen (secondary N) is 2. The second-order valence-corrected chi connectivity index (χ2v) is 5.56. The van der Waals surface area contributed by atoms with Crippen molar-refractivity contribution in [1.29, 1.82) is 0 Å². The summed E-state index contributed by atoms with van der Waals surface area (Å²) in [4.78, 5) is 11.8. The zero-order valence-electron chi connectivity index (χ0n) is 12.7. The zero-order valence-corrected chi connectivity index (χ0v) is 12.7. The van der Waals surface area contributed by atoms with Crippen LogP contribution in [0.2, 0.25) is 0 Å². The molecule has 19 heavy (non-hydrogen) atoms. The summed E-state index contributed by atoms with van der Waals surface area (Å²) < 4.78 is 5.12. The molecule has 0 aromatic carbocycles. The standard InChI is InChI=1S/C14H25N3O2/c1-8(2)10(4)16-14(18)15-9(3)7-13-11(5)17-19-12(13)6/h8-10H,7H2,1-6H3,(H2,15,16,18). The van der Waals surface area contributed by atoms with E-state index < -0.39 is 0 Å². The summed E-state index contributed by atoms with van der Waals surface area (Å²) in [5, 5.41) is 9.79. The van der Waals surface area contributed by atoms with Crippen LogP contribution in [0, 0.1) is 19.8 Å². The maximum Gasteiger partial charge on any atom is 0.315 e. The maximum atomic E-state index is 11.8. The molecule has 0 radical (unpaired) electrons. The zero-order chi connectivity index (χ0) is 14.6. The van der Waals surface area contributed by atoms with Crippen LogP contribution in [0.25, 0.3) is 0 Å². The second-order valence-electron chi connectivity index (χ2n) is 5.56. The van der Waals surface area contributed by atoms with Crippen LogP contribution in [0.1, 0.15) is 44.7 Å². The minimum absolute atomic E-state index is 0.0381. The van der Waals surface area contributed by atoms with Crippen molar-refractivity contribution in [3.63, 3.8) is 0 Å². The van der Waals surface area contributed by atoms with Gasteiger partial charge in [-0.05, 0) is 40.0 Å². The summed E-state index contributed by atoms with van der Waals surface area (Å²) in [6, 6.07) is 0.0721. The summed E-state index contributed by atoms with van der Waals surface area (Å²) in [5.74, 6) is 1.24. The smallest absolute Gasteiger partial charge is 0.315 e. The Bertz CT molecular complexity index is 407. The van der Waals surface area contributed by atoms with Crippen LogP contribution in [0.5, 0.6) is 0 Å². The molecule has 1 aromatic heterocycles. The first kappa shape index (κ1) is 15.5. The monoisotopic (exact) mass is 267 g/mol. The van der Waals surface area contributed by atoms with Gasteiger partial charge in [-0.2, -0.15) is 0 Å². The summed E-state index contributed by atoms with van der Waals surface area (Å²) in [6.07, 6.45) is 0.727. The highest BCUT2D eigenvalue weighted by molar-refractivity contribution is 5.74. The van der Waals surface area contributed by atoms with E-state index in [2.05, 4.69) is 29.6 Å². The van der Waals surface area contributed by atoms with Gasteiger partial charge in [0.25, 0.3) is 0 Å². The molecule has 0 aliphatic carbocycles. The molecule has 0 saturated heterocycles. The lowest BCUT2D eigenvalue weighted by Crippen LogP contribution is -2.46. The van der Waals surface area contributed by atoms with Gasteiger partial charge in [0.05, 0.1) is 5.69 Å². The van der Waals surface area contributed by atoms with Gasteiger partial charge in [0.15, 0.2) is 0 Å². The van der Waals surface area contributed by atoms with Crippen molar-refractivity contribution in [2.75, 3.05) is 0 Å². The fourth-order valence-electron chi connectivity index (χ4n) is 1.79. The molecule has 1 aromatic rings. The average molecular weight is 267 g/mol.